The van der Waals surface area contributed by atoms with Gasteiger partial charge in [-0.2, -0.15) is 0 Å². The van der Waals surface area contributed by atoms with Crippen LogP contribution >= 0.6 is 0 Å². The van der Waals surface area contributed by atoms with Crippen LogP contribution in [-0.2, 0) is 14.0 Å². The summed E-state index contributed by atoms with van der Waals surface area (Å²) in [6.45, 7) is 13.7. The van der Waals surface area contributed by atoms with E-state index in [0.717, 1.165) is 13.0 Å². The summed E-state index contributed by atoms with van der Waals surface area (Å²) in [7, 11) is -1.61. The summed E-state index contributed by atoms with van der Waals surface area (Å²) in [4.78, 5) is 10.5. The third kappa shape index (κ3) is 7.34. The van der Waals surface area contributed by atoms with E-state index in [1.807, 2.05) is 12.2 Å². The zero-order valence-electron chi connectivity index (χ0n) is 12.0. The SMILES string of the molecule is CC(=O)OCC=CCCO[Si](C)(C)C(C)(C)C. The van der Waals surface area contributed by atoms with Crippen molar-refractivity contribution in [3.63, 3.8) is 0 Å². The van der Waals surface area contributed by atoms with Crippen molar-refractivity contribution in [2.45, 2.75) is 52.2 Å². The van der Waals surface area contributed by atoms with Gasteiger partial charge in [0.1, 0.15) is 6.61 Å². The van der Waals surface area contributed by atoms with E-state index in [1.165, 1.54) is 6.92 Å². The van der Waals surface area contributed by atoms with E-state index in [4.69, 9.17) is 9.16 Å². The Labute approximate surface area is 106 Å². The highest BCUT2D eigenvalue weighted by molar-refractivity contribution is 6.74. The molecule has 17 heavy (non-hydrogen) atoms. The standard InChI is InChI=1S/C13H26O3Si/c1-12(14)15-10-8-7-9-11-16-17(5,6)13(2,3)4/h7-8H,9-11H2,1-6H3. The molecule has 0 amide bonds. The summed E-state index contributed by atoms with van der Waals surface area (Å²) in [5, 5.41) is 0.258. The number of carbonyl (C=O) groups excluding carboxylic acids is 1. The summed E-state index contributed by atoms with van der Waals surface area (Å²) < 4.78 is 10.8. The second-order valence-electron chi connectivity index (χ2n) is 5.67. The van der Waals surface area contributed by atoms with Crippen LogP contribution in [0.15, 0.2) is 12.2 Å². The molecule has 0 aliphatic heterocycles. The quantitative estimate of drug-likeness (QED) is 0.316. The highest BCUT2D eigenvalue weighted by Gasteiger charge is 2.36. The Balaban J connectivity index is 3.75. The fourth-order valence-corrected chi connectivity index (χ4v) is 2.01. The summed E-state index contributed by atoms with van der Waals surface area (Å²) >= 11 is 0. The van der Waals surface area contributed by atoms with E-state index in [-0.39, 0.29) is 11.0 Å². The van der Waals surface area contributed by atoms with Crippen LogP contribution in [0.2, 0.25) is 18.1 Å². The Morgan fingerprint density at radius 3 is 2.29 bits per heavy atom. The third-order valence-corrected chi connectivity index (χ3v) is 7.64. The molecule has 0 radical (unpaired) electrons. The zero-order valence-corrected chi connectivity index (χ0v) is 13.0. The molecule has 0 unspecified atom stereocenters. The van der Waals surface area contributed by atoms with Gasteiger partial charge >= 0.3 is 5.97 Å². The van der Waals surface area contributed by atoms with E-state index in [1.54, 1.807) is 0 Å². The lowest BCUT2D eigenvalue weighted by Gasteiger charge is -2.36. The average Bonchev–Trinajstić information content (AvgIpc) is 2.13. The zero-order chi connectivity index (χ0) is 13.5. The highest BCUT2D eigenvalue weighted by Crippen LogP contribution is 2.36. The van der Waals surface area contributed by atoms with E-state index >= 15 is 0 Å². The van der Waals surface area contributed by atoms with Crippen LogP contribution in [0.5, 0.6) is 0 Å². The molecule has 0 saturated carbocycles. The van der Waals surface area contributed by atoms with Crippen molar-refractivity contribution in [3.8, 4) is 0 Å². The van der Waals surface area contributed by atoms with Crippen LogP contribution in [0.25, 0.3) is 0 Å². The molecule has 0 aromatic heterocycles. The van der Waals surface area contributed by atoms with Gasteiger partial charge in [0, 0.05) is 13.5 Å². The van der Waals surface area contributed by atoms with Gasteiger partial charge in [-0.05, 0) is 24.6 Å². The maximum atomic E-state index is 10.5. The van der Waals surface area contributed by atoms with Gasteiger partial charge in [-0.1, -0.05) is 32.9 Å². The average molecular weight is 258 g/mol. The summed E-state index contributed by atoms with van der Waals surface area (Å²) in [5.41, 5.74) is 0. The first-order valence-electron chi connectivity index (χ1n) is 6.09. The number of hydrogen-bond acceptors (Lipinski definition) is 3. The van der Waals surface area contributed by atoms with E-state index < -0.39 is 8.32 Å². The Kier molecular flexibility index (Phi) is 6.71. The van der Waals surface area contributed by atoms with E-state index in [2.05, 4.69) is 33.9 Å². The third-order valence-electron chi connectivity index (χ3n) is 3.10. The summed E-state index contributed by atoms with van der Waals surface area (Å²) in [5.74, 6) is -0.243. The van der Waals surface area contributed by atoms with Gasteiger partial charge in [-0.3, -0.25) is 4.79 Å². The van der Waals surface area contributed by atoms with Crippen LogP contribution in [0.4, 0.5) is 0 Å². The maximum absolute atomic E-state index is 10.5. The van der Waals surface area contributed by atoms with Gasteiger partial charge in [0.05, 0.1) is 0 Å². The molecular weight excluding hydrogens is 232 g/mol. The summed E-state index contributed by atoms with van der Waals surface area (Å²) in [6, 6.07) is 0. The van der Waals surface area contributed by atoms with Crippen molar-refractivity contribution < 1.29 is 14.0 Å². The predicted molar refractivity (Wildman–Crippen MR) is 73.5 cm³/mol. The van der Waals surface area contributed by atoms with Crippen molar-refractivity contribution in [1.29, 1.82) is 0 Å². The minimum absolute atomic E-state index is 0.243. The number of ether oxygens (including phenoxy) is 1. The minimum Gasteiger partial charge on any atom is -0.462 e. The van der Waals surface area contributed by atoms with Gasteiger partial charge in [0.25, 0.3) is 0 Å². The molecule has 0 fully saturated rings. The molecular formula is C13H26O3Si. The number of esters is 1. The van der Waals surface area contributed by atoms with Crippen molar-refractivity contribution >= 4 is 14.3 Å². The monoisotopic (exact) mass is 258 g/mol. The van der Waals surface area contributed by atoms with E-state index in [0.29, 0.717) is 6.61 Å². The van der Waals surface area contributed by atoms with Gasteiger partial charge in [-0.15, -0.1) is 0 Å². The Hall–Kier alpha value is -0.613. The van der Waals surface area contributed by atoms with Crippen LogP contribution in [0.1, 0.15) is 34.1 Å². The molecule has 0 N–H and O–H groups in total. The van der Waals surface area contributed by atoms with Crippen LogP contribution in [0.3, 0.4) is 0 Å². The van der Waals surface area contributed by atoms with Crippen LogP contribution in [0, 0.1) is 0 Å². The van der Waals surface area contributed by atoms with E-state index in [9.17, 15) is 4.79 Å². The van der Waals surface area contributed by atoms with Crippen LogP contribution < -0.4 is 0 Å². The molecule has 0 spiro atoms. The molecule has 0 aliphatic carbocycles. The first kappa shape index (κ1) is 16.4. The lowest BCUT2D eigenvalue weighted by molar-refractivity contribution is -0.139. The fraction of sp³-hybridized carbons (Fsp3) is 0.769. The van der Waals surface area contributed by atoms with Gasteiger partial charge in [0.2, 0.25) is 0 Å². The lowest BCUT2D eigenvalue weighted by atomic mass is 10.2. The second kappa shape index (κ2) is 6.96. The van der Waals surface area contributed by atoms with Crippen molar-refractivity contribution in [1.82, 2.24) is 0 Å². The molecule has 0 rings (SSSR count). The number of carbonyl (C=O) groups is 1. The molecule has 0 saturated heterocycles. The molecule has 4 heteroatoms. The molecule has 0 aliphatic rings. The smallest absolute Gasteiger partial charge is 0.302 e. The molecule has 100 valence electrons. The molecule has 0 heterocycles. The predicted octanol–water partition coefficient (Wildman–Crippen LogP) is 3.52. The first-order chi connectivity index (χ1) is 7.67. The number of rotatable bonds is 6. The Morgan fingerprint density at radius 1 is 1.24 bits per heavy atom. The topological polar surface area (TPSA) is 35.5 Å². The van der Waals surface area contributed by atoms with Crippen molar-refractivity contribution in [2.24, 2.45) is 0 Å². The molecule has 0 atom stereocenters. The highest BCUT2D eigenvalue weighted by atomic mass is 28.4. The summed E-state index contributed by atoms with van der Waals surface area (Å²) in [6.07, 6.45) is 4.72. The maximum Gasteiger partial charge on any atom is 0.302 e. The van der Waals surface area contributed by atoms with Gasteiger partial charge in [0.15, 0.2) is 8.32 Å². The Bertz CT molecular complexity index is 264. The number of hydrogen-bond donors (Lipinski definition) is 0. The Morgan fingerprint density at radius 2 is 1.82 bits per heavy atom. The van der Waals surface area contributed by atoms with Gasteiger partial charge < -0.3 is 9.16 Å². The minimum atomic E-state index is -1.61. The largest absolute Gasteiger partial charge is 0.462 e. The van der Waals surface area contributed by atoms with Gasteiger partial charge in [-0.25, -0.2) is 0 Å². The molecule has 3 nitrogen and oxygen atoms in total. The molecule has 0 bridgehead atoms. The normalized spacial score (nSPS) is 13.1. The first-order valence-corrected chi connectivity index (χ1v) is 9.00. The second-order valence-corrected chi connectivity index (χ2v) is 10.5. The fourth-order valence-electron chi connectivity index (χ4n) is 0.950. The molecule has 0 aromatic rings. The van der Waals surface area contributed by atoms with Crippen molar-refractivity contribution in [2.75, 3.05) is 13.2 Å². The molecule has 0 aromatic carbocycles. The van der Waals surface area contributed by atoms with Crippen molar-refractivity contribution in [3.05, 3.63) is 12.2 Å². The van der Waals surface area contributed by atoms with Crippen LogP contribution in [-0.4, -0.2) is 27.5 Å². The lowest BCUT2D eigenvalue weighted by Crippen LogP contribution is -2.40.